The minimum absolute atomic E-state index is 0.0424. The van der Waals surface area contributed by atoms with Crippen molar-refractivity contribution in [2.45, 2.75) is 51.2 Å². The number of fused-ring (bicyclic) bond motifs is 1. The monoisotopic (exact) mass is 594 g/mol. The molecule has 1 amide bonds. The number of hydrogen-bond acceptors (Lipinski definition) is 4. The summed E-state index contributed by atoms with van der Waals surface area (Å²) in [5.41, 5.74) is 4.93. The van der Waals surface area contributed by atoms with E-state index in [4.69, 9.17) is 16.3 Å². The summed E-state index contributed by atoms with van der Waals surface area (Å²) in [6.07, 6.45) is 3.43. The number of ether oxygens (including phenoxy) is 1. The predicted octanol–water partition coefficient (Wildman–Crippen LogP) is 8.71. The number of carbonyl (C=O) groups excluding carboxylic acids is 1. The van der Waals surface area contributed by atoms with E-state index in [9.17, 15) is 13.6 Å². The molecular formula is C33H33ClF2N2O2S. The van der Waals surface area contributed by atoms with Gasteiger partial charge in [0.2, 0.25) is 0 Å². The molecule has 3 aromatic carbocycles. The first-order valence-electron chi connectivity index (χ1n) is 13.7. The van der Waals surface area contributed by atoms with Crippen LogP contribution in [0.25, 0.3) is 26.8 Å². The Kier molecular flexibility index (Phi) is 8.78. The van der Waals surface area contributed by atoms with E-state index in [1.807, 2.05) is 49.2 Å². The first-order chi connectivity index (χ1) is 19.7. The lowest BCUT2D eigenvalue weighted by molar-refractivity contribution is 0.0604. The van der Waals surface area contributed by atoms with Gasteiger partial charge in [-0.05, 0) is 80.6 Å². The van der Waals surface area contributed by atoms with Gasteiger partial charge in [0.05, 0.1) is 22.2 Å². The third-order valence-corrected chi connectivity index (χ3v) is 9.69. The van der Waals surface area contributed by atoms with Crippen LogP contribution in [-0.4, -0.2) is 37.0 Å². The van der Waals surface area contributed by atoms with Crippen molar-refractivity contribution in [2.75, 3.05) is 14.2 Å². The molecule has 0 bridgehead atoms. The fraction of sp³-hybridized carbons (Fsp3) is 0.303. The molecule has 4 aromatic rings. The summed E-state index contributed by atoms with van der Waals surface area (Å²) < 4.78 is 35.0. The maximum Gasteiger partial charge on any atom is 0.266 e. The molecule has 1 saturated carbocycles. The fourth-order valence-electron chi connectivity index (χ4n) is 5.62. The third-order valence-electron chi connectivity index (χ3n) is 8.01. The molecule has 8 heteroatoms. The summed E-state index contributed by atoms with van der Waals surface area (Å²) in [5.74, 6) is -0.912. The summed E-state index contributed by atoms with van der Waals surface area (Å²) >= 11 is 7.48. The van der Waals surface area contributed by atoms with Gasteiger partial charge in [0.15, 0.2) is 0 Å². The van der Waals surface area contributed by atoms with Crippen LogP contribution < -0.4 is 10.1 Å². The molecule has 5 rings (SSSR count). The smallest absolute Gasteiger partial charge is 0.266 e. The van der Waals surface area contributed by atoms with E-state index in [1.165, 1.54) is 0 Å². The van der Waals surface area contributed by atoms with Crippen LogP contribution in [0.4, 0.5) is 8.78 Å². The molecule has 4 nitrogen and oxygen atoms in total. The molecule has 0 saturated heterocycles. The molecule has 0 atom stereocenters. The van der Waals surface area contributed by atoms with Gasteiger partial charge in [0.25, 0.3) is 5.91 Å². The van der Waals surface area contributed by atoms with E-state index in [0.29, 0.717) is 11.8 Å². The minimum Gasteiger partial charge on any atom is -0.496 e. The van der Waals surface area contributed by atoms with Gasteiger partial charge in [-0.1, -0.05) is 54.1 Å². The maximum atomic E-state index is 14.7. The van der Waals surface area contributed by atoms with Crippen LogP contribution in [0, 0.1) is 11.6 Å². The van der Waals surface area contributed by atoms with Crippen molar-refractivity contribution in [1.29, 1.82) is 0 Å². The summed E-state index contributed by atoms with van der Waals surface area (Å²) in [5, 5.41) is 3.25. The first-order valence-corrected chi connectivity index (χ1v) is 14.9. The van der Waals surface area contributed by atoms with Crippen LogP contribution in [0.15, 0.2) is 61.2 Å². The zero-order valence-corrected chi connectivity index (χ0v) is 25.0. The van der Waals surface area contributed by atoms with Gasteiger partial charge in [-0.3, -0.25) is 4.79 Å². The van der Waals surface area contributed by atoms with Crippen molar-refractivity contribution in [3.05, 3.63) is 93.8 Å². The van der Waals surface area contributed by atoms with Crippen LogP contribution in [0.3, 0.4) is 0 Å². The molecule has 1 fully saturated rings. The number of rotatable bonds is 8. The molecule has 0 aliphatic heterocycles. The Morgan fingerprint density at radius 1 is 1.05 bits per heavy atom. The summed E-state index contributed by atoms with van der Waals surface area (Å²) in [7, 11) is 3.56. The topological polar surface area (TPSA) is 41.6 Å². The highest BCUT2D eigenvalue weighted by molar-refractivity contribution is 7.21. The second-order valence-electron chi connectivity index (χ2n) is 10.6. The van der Waals surface area contributed by atoms with Gasteiger partial charge < -0.3 is 15.0 Å². The fourth-order valence-corrected chi connectivity index (χ4v) is 7.13. The van der Waals surface area contributed by atoms with Crippen LogP contribution in [-0.2, 0) is 6.54 Å². The molecule has 0 spiro atoms. The van der Waals surface area contributed by atoms with Crippen molar-refractivity contribution in [3.63, 3.8) is 0 Å². The van der Waals surface area contributed by atoms with Crippen molar-refractivity contribution >= 4 is 44.5 Å². The van der Waals surface area contributed by atoms with Gasteiger partial charge in [-0.2, -0.15) is 0 Å². The quantitative estimate of drug-likeness (QED) is 0.222. The van der Waals surface area contributed by atoms with E-state index in [-0.39, 0.29) is 38.5 Å². The lowest BCUT2D eigenvalue weighted by Crippen LogP contribution is -2.44. The Labute approximate surface area is 248 Å². The number of halogens is 3. The standard InChI is InChI=1S/C33H33ClF2N2O2S/c1-19(2)20-5-7-21(8-6-20)22-9-16-28(40-4)23(17-22)18-38(25-12-10-24(37-3)11-13-25)33(39)32-30(34)29-26(35)14-15-27(36)31(29)41-32/h5-9,14-17,24-25,37H,1,10-13,18H2,2-4H3/t24-,25-. The Balaban J connectivity index is 1.54. The van der Waals surface area contributed by atoms with Crippen LogP contribution in [0.5, 0.6) is 5.75 Å². The number of nitrogens with zero attached hydrogens (tertiary/aromatic N) is 1. The molecule has 1 aliphatic rings. The van der Waals surface area contributed by atoms with Crippen molar-refractivity contribution in [2.24, 2.45) is 0 Å². The molecule has 1 heterocycles. The Bertz CT molecular complexity index is 1590. The van der Waals surface area contributed by atoms with E-state index in [1.54, 1.807) is 7.11 Å². The molecule has 41 heavy (non-hydrogen) atoms. The van der Waals surface area contributed by atoms with Gasteiger partial charge in [-0.25, -0.2) is 8.78 Å². The minimum atomic E-state index is -0.644. The number of carbonyl (C=O) groups is 1. The summed E-state index contributed by atoms with van der Waals surface area (Å²) in [6, 6.07) is 16.6. The summed E-state index contributed by atoms with van der Waals surface area (Å²) in [4.78, 5) is 16.2. The number of benzene rings is 3. The molecule has 1 aliphatic carbocycles. The van der Waals surface area contributed by atoms with E-state index < -0.39 is 11.6 Å². The third kappa shape index (κ3) is 5.89. The van der Waals surface area contributed by atoms with E-state index in [2.05, 4.69) is 24.0 Å². The number of methoxy groups -OCH3 is 1. The molecule has 0 unspecified atom stereocenters. The normalized spacial score (nSPS) is 17.0. The van der Waals surface area contributed by atoms with Crippen molar-refractivity contribution in [1.82, 2.24) is 10.2 Å². The number of thiophene rings is 1. The van der Waals surface area contributed by atoms with E-state index >= 15 is 0 Å². The first kappa shape index (κ1) is 29.2. The van der Waals surface area contributed by atoms with Gasteiger partial charge in [0.1, 0.15) is 22.3 Å². The number of nitrogens with one attached hydrogen (secondary N) is 1. The maximum absolute atomic E-state index is 14.7. The zero-order chi connectivity index (χ0) is 29.3. The second-order valence-corrected chi connectivity index (χ2v) is 12.0. The lowest BCUT2D eigenvalue weighted by atomic mass is 9.89. The second kappa shape index (κ2) is 12.3. The average Bonchev–Trinajstić information content (AvgIpc) is 3.35. The predicted molar refractivity (Wildman–Crippen MR) is 165 cm³/mol. The molecule has 1 aromatic heterocycles. The highest BCUT2D eigenvalue weighted by atomic mass is 35.5. The largest absolute Gasteiger partial charge is 0.496 e. The number of hydrogen-bond donors (Lipinski definition) is 1. The van der Waals surface area contributed by atoms with Crippen LogP contribution in [0.2, 0.25) is 5.02 Å². The zero-order valence-electron chi connectivity index (χ0n) is 23.4. The Morgan fingerprint density at radius 2 is 1.71 bits per heavy atom. The Hall–Kier alpha value is -3.26. The van der Waals surface area contributed by atoms with Gasteiger partial charge >= 0.3 is 0 Å². The SMILES string of the molecule is C=C(C)c1ccc(-c2ccc(OC)c(CN(C(=O)c3sc4c(F)ccc(F)c4c3Cl)[C@H]3CC[C@H](NC)CC3)c2)cc1. The van der Waals surface area contributed by atoms with E-state index in [0.717, 1.165) is 77.0 Å². The number of amides is 1. The van der Waals surface area contributed by atoms with Crippen molar-refractivity contribution in [3.8, 4) is 16.9 Å². The number of allylic oxidation sites excluding steroid dienone is 1. The van der Waals surface area contributed by atoms with Crippen LogP contribution >= 0.6 is 22.9 Å². The Morgan fingerprint density at radius 3 is 2.32 bits per heavy atom. The molecule has 214 valence electrons. The van der Waals surface area contributed by atoms with Crippen LogP contribution in [0.1, 0.15) is 53.4 Å². The molecule has 1 N–H and O–H groups in total. The average molecular weight is 595 g/mol. The van der Waals surface area contributed by atoms with Crippen molar-refractivity contribution < 1.29 is 18.3 Å². The lowest BCUT2D eigenvalue weighted by Gasteiger charge is -2.37. The molecular weight excluding hydrogens is 562 g/mol. The highest BCUT2D eigenvalue weighted by Gasteiger charge is 2.33. The van der Waals surface area contributed by atoms with Gasteiger partial charge in [-0.15, -0.1) is 11.3 Å². The van der Waals surface area contributed by atoms with Gasteiger partial charge in [0, 0.05) is 24.2 Å². The highest BCUT2D eigenvalue weighted by Crippen LogP contribution is 2.40. The molecule has 0 radical (unpaired) electrons. The summed E-state index contributed by atoms with van der Waals surface area (Å²) in [6.45, 7) is 6.26.